The Morgan fingerprint density at radius 2 is 1.32 bits per heavy atom. The molecule has 7 nitrogen and oxygen atoms in total. The number of aryl methyl sites for hydroxylation is 2. The number of hydrogen-bond acceptors (Lipinski definition) is 5. The molecule has 0 unspecified atom stereocenters. The Bertz CT molecular complexity index is 1400. The SMILES string of the molecule is Cc1ccc(NC(=O)COC(=O)[C@H](C)N2C(=O)[C@@H]3C4c5ccccc5C(c5ccccc54)[C@@H]3C2=O)cc1C. The maximum Gasteiger partial charge on any atom is 0.329 e. The smallest absolute Gasteiger partial charge is 0.329 e. The quantitative estimate of drug-likeness (QED) is 0.414. The summed E-state index contributed by atoms with van der Waals surface area (Å²) in [6, 6.07) is 20.3. The van der Waals surface area contributed by atoms with Gasteiger partial charge in [-0.15, -0.1) is 0 Å². The molecule has 3 aromatic rings. The van der Waals surface area contributed by atoms with Gasteiger partial charge >= 0.3 is 5.97 Å². The minimum absolute atomic E-state index is 0.245. The van der Waals surface area contributed by atoms with Crippen molar-refractivity contribution in [3.05, 3.63) is 100 Å². The van der Waals surface area contributed by atoms with E-state index in [2.05, 4.69) is 5.32 Å². The first-order valence-corrected chi connectivity index (χ1v) is 12.9. The van der Waals surface area contributed by atoms with Crippen LogP contribution in [0.1, 0.15) is 52.1 Å². The molecule has 0 spiro atoms. The van der Waals surface area contributed by atoms with Gasteiger partial charge in [-0.05, 0) is 66.3 Å². The number of amides is 3. The van der Waals surface area contributed by atoms with Crippen molar-refractivity contribution in [2.45, 2.75) is 38.6 Å². The fourth-order valence-corrected chi connectivity index (χ4v) is 6.46. The number of nitrogens with zero attached hydrogens (tertiary/aromatic N) is 1. The van der Waals surface area contributed by atoms with Crippen LogP contribution in [0.25, 0.3) is 0 Å². The lowest BCUT2D eigenvalue weighted by molar-refractivity contribution is -0.159. The zero-order chi connectivity index (χ0) is 26.7. The van der Waals surface area contributed by atoms with Crippen molar-refractivity contribution in [3.63, 3.8) is 0 Å². The van der Waals surface area contributed by atoms with Gasteiger partial charge in [0.05, 0.1) is 11.8 Å². The maximum absolute atomic E-state index is 13.8. The lowest BCUT2D eigenvalue weighted by atomic mass is 9.55. The van der Waals surface area contributed by atoms with Gasteiger partial charge in [0.2, 0.25) is 11.8 Å². The number of rotatable bonds is 5. The molecule has 2 bridgehead atoms. The van der Waals surface area contributed by atoms with Gasteiger partial charge in [-0.2, -0.15) is 0 Å². The molecule has 3 atom stereocenters. The van der Waals surface area contributed by atoms with Crippen molar-refractivity contribution < 1.29 is 23.9 Å². The van der Waals surface area contributed by atoms with E-state index < -0.39 is 36.4 Å². The fraction of sp³-hybridized carbons (Fsp3) is 0.290. The van der Waals surface area contributed by atoms with E-state index in [9.17, 15) is 19.2 Å². The van der Waals surface area contributed by atoms with Crippen LogP contribution in [0.15, 0.2) is 66.7 Å². The van der Waals surface area contributed by atoms with Gasteiger partial charge in [0.15, 0.2) is 6.61 Å². The number of anilines is 1. The molecule has 1 N–H and O–H groups in total. The Kier molecular flexibility index (Phi) is 5.67. The van der Waals surface area contributed by atoms with Gasteiger partial charge in [0.1, 0.15) is 6.04 Å². The lowest BCUT2D eigenvalue weighted by Gasteiger charge is -2.45. The molecule has 4 aliphatic rings. The minimum atomic E-state index is -1.14. The van der Waals surface area contributed by atoms with Crippen molar-refractivity contribution in [2.24, 2.45) is 11.8 Å². The molecule has 0 radical (unpaired) electrons. The van der Waals surface area contributed by atoms with Crippen LogP contribution in [0, 0.1) is 25.7 Å². The van der Waals surface area contributed by atoms with Gasteiger partial charge in [-0.1, -0.05) is 54.6 Å². The second-order valence-electron chi connectivity index (χ2n) is 10.4. The number of likely N-dealkylation sites (tertiary alicyclic amines) is 1. The maximum atomic E-state index is 13.8. The molecule has 7 rings (SSSR count). The van der Waals surface area contributed by atoms with Crippen LogP contribution in [-0.4, -0.2) is 41.2 Å². The van der Waals surface area contributed by atoms with Gasteiger partial charge in [0.25, 0.3) is 5.91 Å². The molecular formula is C31H28N2O5. The molecular weight excluding hydrogens is 480 g/mol. The first-order chi connectivity index (χ1) is 18.3. The standard InChI is InChI=1S/C31H28N2O5/c1-16-12-13-19(14-17(16)2)32-24(34)15-38-31(37)18(3)33-29(35)27-25-20-8-4-5-9-21(20)26(28(27)30(33)36)23-11-7-6-10-22(23)25/h4-14,18,25-28H,15H2,1-3H3,(H,32,34)/t18-,25?,26?,27-,28+/m0/s1. The molecule has 0 saturated carbocycles. The summed E-state index contributed by atoms with van der Waals surface area (Å²) >= 11 is 0. The van der Waals surface area contributed by atoms with E-state index in [1.165, 1.54) is 6.92 Å². The highest BCUT2D eigenvalue weighted by Crippen LogP contribution is 2.61. The monoisotopic (exact) mass is 508 g/mol. The summed E-state index contributed by atoms with van der Waals surface area (Å²) in [7, 11) is 0. The third kappa shape index (κ3) is 3.56. The van der Waals surface area contributed by atoms with Crippen LogP contribution in [0.5, 0.6) is 0 Å². The number of esters is 1. The van der Waals surface area contributed by atoms with Crippen LogP contribution in [0.4, 0.5) is 5.69 Å². The number of carbonyl (C=O) groups excluding carboxylic acids is 4. The van der Waals surface area contributed by atoms with E-state index in [4.69, 9.17) is 4.74 Å². The second kappa shape index (κ2) is 8.94. The van der Waals surface area contributed by atoms with E-state index in [-0.39, 0.29) is 23.7 Å². The van der Waals surface area contributed by atoms with Gasteiger partial charge in [0, 0.05) is 17.5 Å². The molecule has 3 aliphatic carbocycles. The van der Waals surface area contributed by atoms with Crippen molar-refractivity contribution in [1.82, 2.24) is 4.90 Å². The Hall–Kier alpha value is -4.26. The molecule has 1 fully saturated rings. The Morgan fingerprint density at radius 3 is 1.79 bits per heavy atom. The molecule has 192 valence electrons. The second-order valence-corrected chi connectivity index (χ2v) is 10.4. The third-order valence-corrected chi connectivity index (χ3v) is 8.35. The summed E-state index contributed by atoms with van der Waals surface area (Å²) < 4.78 is 5.25. The van der Waals surface area contributed by atoms with Crippen molar-refractivity contribution >= 4 is 29.4 Å². The molecule has 3 aromatic carbocycles. The van der Waals surface area contributed by atoms with E-state index in [0.717, 1.165) is 38.3 Å². The topological polar surface area (TPSA) is 92.8 Å². The number of ether oxygens (including phenoxy) is 1. The molecule has 1 aliphatic heterocycles. The largest absolute Gasteiger partial charge is 0.454 e. The summed E-state index contributed by atoms with van der Waals surface area (Å²) in [6.45, 7) is 4.89. The number of nitrogens with one attached hydrogen (secondary N) is 1. The average Bonchev–Trinajstić information content (AvgIpc) is 3.19. The molecule has 1 saturated heterocycles. The first-order valence-electron chi connectivity index (χ1n) is 12.9. The highest BCUT2D eigenvalue weighted by Gasteiger charge is 2.62. The molecule has 3 amide bonds. The summed E-state index contributed by atoms with van der Waals surface area (Å²) in [5.41, 5.74) is 7.00. The van der Waals surface area contributed by atoms with Crippen LogP contribution in [0.2, 0.25) is 0 Å². The van der Waals surface area contributed by atoms with Crippen LogP contribution >= 0.6 is 0 Å². The number of carbonyl (C=O) groups is 4. The normalized spacial score (nSPS) is 23.4. The van der Waals surface area contributed by atoms with Gasteiger partial charge in [-0.25, -0.2) is 4.79 Å². The van der Waals surface area contributed by atoms with Crippen LogP contribution in [-0.2, 0) is 23.9 Å². The molecule has 0 aromatic heterocycles. The molecule has 38 heavy (non-hydrogen) atoms. The van der Waals surface area contributed by atoms with E-state index in [0.29, 0.717) is 5.69 Å². The Labute approximate surface area is 220 Å². The minimum Gasteiger partial charge on any atom is -0.454 e. The van der Waals surface area contributed by atoms with Crippen LogP contribution < -0.4 is 5.32 Å². The predicted molar refractivity (Wildman–Crippen MR) is 140 cm³/mol. The molecule has 1 heterocycles. The highest BCUT2D eigenvalue weighted by atomic mass is 16.5. The summed E-state index contributed by atoms with van der Waals surface area (Å²) in [6.07, 6.45) is 0. The van der Waals surface area contributed by atoms with E-state index in [1.807, 2.05) is 74.5 Å². The number of benzene rings is 3. The molecule has 7 heteroatoms. The van der Waals surface area contributed by atoms with Crippen molar-refractivity contribution in [2.75, 3.05) is 11.9 Å². The zero-order valence-corrected chi connectivity index (χ0v) is 21.4. The fourth-order valence-electron chi connectivity index (χ4n) is 6.46. The first kappa shape index (κ1) is 24.1. The van der Waals surface area contributed by atoms with Crippen molar-refractivity contribution in [3.8, 4) is 0 Å². The predicted octanol–water partition coefficient (Wildman–Crippen LogP) is 4.07. The average molecular weight is 509 g/mol. The van der Waals surface area contributed by atoms with Gasteiger partial charge in [-0.3, -0.25) is 19.3 Å². The lowest BCUT2D eigenvalue weighted by Crippen LogP contribution is -2.45. The highest BCUT2D eigenvalue weighted by molar-refractivity contribution is 6.10. The third-order valence-electron chi connectivity index (χ3n) is 8.35. The summed E-state index contributed by atoms with van der Waals surface area (Å²) in [5, 5.41) is 2.71. The van der Waals surface area contributed by atoms with E-state index >= 15 is 0 Å². The summed E-state index contributed by atoms with van der Waals surface area (Å²) in [4.78, 5) is 53.9. The summed E-state index contributed by atoms with van der Waals surface area (Å²) in [5.74, 6) is -3.63. The Morgan fingerprint density at radius 1 is 0.816 bits per heavy atom. The zero-order valence-electron chi connectivity index (χ0n) is 21.4. The van der Waals surface area contributed by atoms with E-state index in [1.54, 1.807) is 6.07 Å². The number of imide groups is 1. The van der Waals surface area contributed by atoms with Crippen LogP contribution in [0.3, 0.4) is 0 Å². The number of hydrogen-bond donors (Lipinski definition) is 1. The Balaban J connectivity index is 1.20. The van der Waals surface area contributed by atoms with Gasteiger partial charge < -0.3 is 10.1 Å². The van der Waals surface area contributed by atoms with Crippen molar-refractivity contribution in [1.29, 1.82) is 0 Å².